The van der Waals surface area contributed by atoms with Crippen molar-refractivity contribution in [3.05, 3.63) is 34.3 Å². The predicted octanol–water partition coefficient (Wildman–Crippen LogP) is 5.49. The summed E-state index contributed by atoms with van der Waals surface area (Å²) < 4.78 is 21.6. The van der Waals surface area contributed by atoms with Crippen LogP contribution in [0.5, 0.6) is 23.0 Å². The van der Waals surface area contributed by atoms with Gasteiger partial charge in [-0.3, -0.25) is 9.59 Å². The lowest BCUT2D eigenvalue weighted by Gasteiger charge is -2.17. The van der Waals surface area contributed by atoms with Crippen LogP contribution in [0.25, 0.3) is 0 Å². The zero-order chi connectivity index (χ0) is 24.5. The summed E-state index contributed by atoms with van der Waals surface area (Å²) in [5.74, 6) is -0.0313. The Morgan fingerprint density at radius 2 is 1.70 bits per heavy atom. The van der Waals surface area contributed by atoms with Crippen molar-refractivity contribution in [2.24, 2.45) is 10.2 Å². The summed E-state index contributed by atoms with van der Waals surface area (Å²) >= 11 is 12.4. The van der Waals surface area contributed by atoms with Crippen molar-refractivity contribution in [1.29, 1.82) is 0 Å². The quantitative estimate of drug-likeness (QED) is 0.324. The number of ether oxygens (including phenoxy) is 4. The molecule has 0 saturated heterocycles. The Morgan fingerprint density at radius 1 is 1.00 bits per heavy atom. The first-order chi connectivity index (χ1) is 15.8. The highest BCUT2D eigenvalue weighted by Crippen LogP contribution is 2.42. The summed E-state index contributed by atoms with van der Waals surface area (Å²) in [6.45, 7) is 5.51. The van der Waals surface area contributed by atoms with E-state index in [1.807, 2.05) is 0 Å². The molecule has 0 heterocycles. The van der Waals surface area contributed by atoms with Gasteiger partial charge in [0.25, 0.3) is 5.91 Å². The third-order valence-electron chi connectivity index (χ3n) is 4.25. The standard InChI is InChI=1S/C22H25Cl2N3O6/c1-6-32-17-11-13(23)10-15(20(17)33-7-2)25-22(29)19(12(3)28)27-26-14-8-9-16(30-4)18(24)21(14)31-5/h8-11,19H,6-7H2,1-5H3,(H,25,29). The van der Waals surface area contributed by atoms with Gasteiger partial charge in [-0.25, -0.2) is 0 Å². The van der Waals surface area contributed by atoms with Gasteiger partial charge in [0.2, 0.25) is 6.04 Å². The summed E-state index contributed by atoms with van der Waals surface area (Å²) in [6.07, 6.45) is 0. The van der Waals surface area contributed by atoms with Gasteiger partial charge in [0, 0.05) is 11.1 Å². The van der Waals surface area contributed by atoms with Crippen LogP contribution in [0, 0.1) is 0 Å². The fraction of sp³-hybridized carbons (Fsp3) is 0.364. The van der Waals surface area contributed by atoms with Gasteiger partial charge in [0.05, 0.1) is 33.1 Å². The van der Waals surface area contributed by atoms with E-state index in [4.69, 9.17) is 42.1 Å². The van der Waals surface area contributed by atoms with Gasteiger partial charge in [-0.05, 0) is 39.0 Å². The molecule has 0 saturated carbocycles. The number of nitrogens with one attached hydrogen (secondary N) is 1. The van der Waals surface area contributed by atoms with Crippen LogP contribution < -0.4 is 24.3 Å². The number of Topliss-reactive ketones (excluding diaryl/α,β-unsaturated/α-hetero) is 1. The Hall–Kier alpha value is -3.04. The van der Waals surface area contributed by atoms with E-state index in [2.05, 4.69) is 15.5 Å². The zero-order valence-electron chi connectivity index (χ0n) is 18.9. The first-order valence-corrected chi connectivity index (χ1v) is 10.7. The molecule has 0 radical (unpaired) electrons. The molecule has 2 aromatic rings. The van der Waals surface area contributed by atoms with E-state index in [-0.39, 0.29) is 22.1 Å². The number of halogens is 2. The molecule has 1 amide bonds. The number of rotatable bonds is 11. The van der Waals surface area contributed by atoms with Crippen LogP contribution in [0.1, 0.15) is 20.8 Å². The van der Waals surface area contributed by atoms with E-state index in [9.17, 15) is 9.59 Å². The van der Waals surface area contributed by atoms with E-state index in [0.717, 1.165) is 0 Å². The third-order valence-corrected chi connectivity index (χ3v) is 4.82. The number of carbonyl (C=O) groups is 2. The molecule has 0 aliphatic carbocycles. The Morgan fingerprint density at radius 3 is 2.27 bits per heavy atom. The van der Waals surface area contributed by atoms with Gasteiger partial charge in [-0.1, -0.05) is 23.2 Å². The summed E-state index contributed by atoms with van der Waals surface area (Å²) in [6, 6.07) is 4.74. The third kappa shape index (κ3) is 6.49. The molecular formula is C22H25Cl2N3O6. The SMILES string of the molecule is CCOc1cc(Cl)cc(NC(=O)C(N=Nc2ccc(OC)c(Cl)c2OC)C(C)=O)c1OCC. The minimum absolute atomic E-state index is 0.184. The lowest BCUT2D eigenvalue weighted by molar-refractivity contribution is -0.126. The average Bonchev–Trinajstić information content (AvgIpc) is 2.76. The second-order valence-electron chi connectivity index (χ2n) is 6.50. The minimum Gasteiger partial charge on any atom is -0.495 e. The van der Waals surface area contributed by atoms with Crippen molar-refractivity contribution in [2.75, 3.05) is 32.8 Å². The largest absolute Gasteiger partial charge is 0.495 e. The van der Waals surface area contributed by atoms with Crippen molar-refractivity contribution in [1.82, 2.24) is 0 Å². The van der Waals surface area contributed by atoms with Crippen molar-refractivity contribution in [3.8, 4) is 23.0 Å². The number of anilines is 1. The molecule has 178 valence electrons. The number of hydrogen-bond acceptors (Lipinski definition) is 8. The summed E-state index contributed by atoms with van der Waals surface area (Å²) in [4.78, 5) is 25.1. The van der Waals surface area contributed by atoms with E-state index in [1.54, 1.807) is 32.0 Å². The summed E-state index contributed by atoms with van der Waals surface area (Å²) in [5, 5.41) is 11.1. The maximum atomic E-state index is 12.9. The van der Waals surface area contributed by atoms with Crippen molar-refractivity contribution < 1.29 is 28.5 Å². The van der Waals surface area contributed by atoms with Crippen LogP contribution in [-0.2, 0) is 9.59 Å². The molecule has 0 aliphatic heterocycles. The predicted molar refractivity (Wildman–Crippen MR) is 126 cm³/mol. The number of methoxy groups -OCH3 is 2. The fourth-order valence-electron chi connectivity index (χ4n) is 2.82. The maximum Gasteiger partial charge on any atom is 0.258 e. The second kappa shape index (κ2) is 12.3. The molecule has 9 nitrogen and oxygen atoms in total. The van der Waals surface area contributed by atoms with Crippen molar-refractivity contribution >= 4 is 46.3 Å². The smallest absolute Gasteiger partial charge is 0.258 e. The van der Waals surface area contributed by atoms with E-state index in [0.29, 0.717) is 35.5 Å². The number of nitrogens with zero attached hydrogens (tertiary/aromatic N) is 2. The Balaban J connectivity index is 2.38. The molecule has 1 N–H and O–H groups in total. The highest BCUT2D eigenvalue weighted by molar-refractivity contribution is 6.34. The summed E-state index contributed by atoms with van der Waals surface area (Å²) in [7, 11) is 2.86. The monoisotopic (exact) mass is 497 g/mol. The Bertz CT molecular complexity index is 1050. The number of ketones is 1. The Kier molecular flexibility index (Phi) is 9.74. The first kappa shape index (κ1) is 26.2. The van der Waals surface area contributed by atoms with E-state index < -0.39 is 17.7 Å². The van der Waals surface area contributed by atoms with E-state index in [1.165, 1.54) is 27.2 Å². The van der Waals surface area contributed by atoms with Crippen LogP contribution in [0.3, 0.4) is 0 Å². The molecular weight excluding hydrogens is 473 g/mol. The number of hydrogen-bond donors (Lipinski definition) is 1. The normalized spacial score (nSPS) is 11.7. The minimum atomic E-state index is -1.44. The zero-order valence-corrected chi connectivity index (χ0v) is 20.4. The molecule has 2 aromatic carbocycles. The van der Waals surface area contributed by atoms with Crippen LogP contribution in [-0.4, -0.2) is 45.2 Å². The first-order valence-electron chi connectivity index (χ1n) is 9.99. The van der Waals surface area contributed by atoms with Crippen LogP contribution in [0.15, 0.2) is 34.5 Å². The van der Waals surface area contributed by atoms with Crippen LogP contribution in [0.4, 0.5) is 11.4 Å². The molecule has 0 aliphatic rings. The maximum absolute atomic E-state index is 12.9. The number of amides is 1. The topological polar surface area (TPSA) is 108 Å². The van der Waals surface area contributed by atoms with Crippen LogP contribution in [0.2, 0.25) is 10.0 Å². The van der Waals surface area contributed by atoms with Gasteiger partial charge in [0.15, 0.2) is 23.0 Å². The van der Waals surface area contributed by atoms with E-state index >= 15 is 0 Å². The molecule has 2 rings (SSSR count). The van der Waals surface area contributed by atoms with Crippen LogP contribution >= 0.6 is 23.2 Å². The van der Waals surface area contributed by atoms with Gasteiger partial charge >= 0.3 is 0 Å². The van der Waals surface area contributed by atoms with Crippen molar-refractivity contribution in [3.63, 3.8) is 0 Å². The van der Waals surface area contributed by atoms with Gasteiger partial charge in [0.1, 0.15) is 16.5 Å². The highest BCUT2D eigenvalue weighted by atomic mass is 35.5. The fourth-order valence-corrected chi connectivity index (χ4v) is 3.34. The molecule has 0 bridgehead atoms. The molecule has 33 heavy (non-hydrogen) atoms. The van der Waals surface area contributed by atoms with Gasteiger partial charge < -0.3 is 24.3 Å². The number of carbonyl (C=O) groups excluding carboxylic acids is 2. The molecule has 11 heteroatoms. The molecule has 1 atom stereocenters. The average molecular weight is 498 g/mol. The lowest BCUT2D eigenvalue weighted by Crippen LogP contribution is -2.32. The lowest BCUT2D eigenvalue weighted by atomic mass is 10.2. The number of azo groups is 1. The van der Waals surface area contributed by atoms with Gasteiger partial charge in [-0.15, -0.1) is 0 Å². The molecule has 0 aromatic heterocycles. The Labute approximate surface area is 202 Å². The summed E-state index contributed by atoms with van der Waals surface area (Å²) in [5.41, 5.74) is 0.461. The highest BCUT2D eigenvalue weighted by Gasteiger charge is 2.26. The van der Waals surface area contributed by atoms with Crippen molar-refractivity contribution in [2.45, 2.75) is 26.8 Å². The molecule has 0 fully saturated rings. The molecule has 0 spiro atoms. The second-order valence-corrected chi connectivity index (χ2v) is 7.31. The van der Waals surface area contributed by atoms with Gasteiger partial charge in [-0.2, -0.15) is 10.2 Å². The molecule has 1 unspecified atom stereocenters. The number of benzene rings is 2.